The van der Waals surface area contributed by atoms with Crippen LogP contribution in [0, 0.1) is 0 Å². The van der Waals surface area contributed by atoms with E-state index in [0.29, 0.717) is 43.7 Å². The van der Waals surface area contributed by atoms with Crippen molar-refractivity contribution < 1.29 is 9.59 Å². The van der Waals surface area contributed by atoms with E-state index in [9.17, 15) is 9.59 Å². The molecule has 1 atom stereocenters. The van der Waals surface area contributed by atoms with Crippen molar-refractivity contribution in [2.45, 2.75) is 19.1 Å². The second-order valence-corrected chi connectivity index (χ2v) is 5.67. The van der Waals surface area contributed by atoms with Crippen molar-refractivity contribution in [2.24, 2.45) is 5.73 Å². The summed E-state index contributed by atoms with van der Waals surface area (Å²) in [7, 11) is 0. The van der Waals surface area contributed by atoms with Crippen LogP contribution in [0.1, 0.15) is 13.8 Å². The average molecular weight is 259 g/mol. The maximum Gasteiger partial charge on any atom is 0.232 e. The van der Waals surface area contributed by atoms with E-state index < -0.39 is 0 Å². The molecule has 0 radical (unpaired) electrons. The van der Waals surface area contributed by atoms with Gasteiger partial charge in [-0.2, -0.15) is 0 Å². The Morgan fingerprint density at radius 2 is 1.76 bits per heavy atom. The van der Waals surface area contributed by atoms with Gasteiger partial charge in [0.2, 0.25) is 11.8 Å². The Morgan fingerprint density at radius 3 is 2.24 bits per heavy atom. The lowest BCUT2D eigenvalue weighted by molar-refractivity contribution is -0.136. The highest BCUT2D eigenvalue weighted by Gasteiger charge is 2.22. The fourth-order valence-corrected chi connectivity index (χ4v) is 2.39. The quantitative estimate of drug-likeness (QED) is 0.756. The number of amides is 2. The summed E-state index contributed by atoms with van der Waals surface area (Å²) in [5.41, 5.74) is 5.50. The number of nitrogens with two attached hydrogens (primary N) is 1. The maximum atomic E-state index is 11.9. The molecular formula is C11H21N3O2S. The van der Waals surface area contributed by atoms with Crippen LogP contribution < -0.4 is 5.73 Å². The zero-order valence-electron chi connectivity index (χ0n) is 10.5. The Hall–Kier alpha value is -0.750. The first-order valence-electron chi connectivity index (χ1n) is 5.89. The molecule has 0 saturated carbocycles. The summed E-state index contributed by atoms with van der Waals surface area (Å²) in [5, 5.41) is 0.317. The highest BCUT2D eigenvalue weighted by Crippen LogP contribution is 2.11. The molecule has 2 amide bonds. The second-order valence-electron chi connectivity index (χ2n) is 4.24. The Kier molecular flexibility index (Phi) is 5.77. The van der Waals surface area contributed by atoms with Crippen molar-refractivity contribution >= 4 is 23.6 Å². The van der Waals surface area contributed by atoms with Crippen LogP contribution in [0.2, 0.25) is 0 Å². The number of thioether (sulfide) groups is 1. The molecule has 2 N–H and O–H groups in total. The summed E-state index contributed by atoms with van der Waals surface area (Å²) >= 11 is 1.59. The first kappa shape index (κ1) is 14.3. The molecule has 5 nitrogen and oxygen atoms in total. The lowest BCUT2D eigenvalue weighted by atomic mass is 10.3. The lowest BCUT2D eigenvalue weighted by Gasteiger charge is -2.34. The van der Waals surface area contributed by atoms with E-state index in [-0.39, 0.29) is 11.8 Å². The van der Waals surface area contributed by atoms with Crippen LogP contribution in [0.3, 0.4) is 0 Å². The molecule has 98 valence electrons. The van der Waals surface area contributed by atoms with Crippen LogP contribution >= 0.6 is 11.8 Å². The van der Waals surface area contributed by atoms with E-state index >= 15 is 0 Å². The molecule has 1 saturated heterocycles. The van der Waals surface area contributed by atoms with E-state index in [0.717, 1.165) is 0 Å². The third-order valence-corrected chi connectivity index (χ3v) is 4.08. The summed E-state index contributed by atoms with van der Waals surface area (Å²) in [6.45, 7) is 6.78. The molecule has 1 rings (SSSR count). The highest BCUT2D eigenvalue weighted by molar-refractivity contribution is 8.00. The molecule has 1 heterocycles. The zero-order valence-corrected chi connectivity index (χ0v) is 11.3. The minimum absolute atomic E-state index is 0.0863. The first-order valence-corrected chi connectivity index (χ1v) is 6.94. The third-order valence-electron chi connectivity index (χ3n) is 2.90. The molecule has 0 aliphatic carbocycles. The summed E-state index contributed by atoms with van der Waals surface area (Å²) in [6.07, 6.45) is 0. The molecule has 0 aromatic heterocycles. The van der Waals surface area contributed by atoms with Crippen LogP contribution in [0.25, 0.3) is 0 Å². The van der Waals surface area contributed by atoms with Crippen molar-refractivity contribution in [3.05, 3.63) is 0 Å². The van der Waals surface area contributed by atoms with Gasteiger partial charge in [-0.15, -0.1) is 11.8 Å². The molecule has 6 heteroatoms. The molecule has 1 unspecified atom stereocenters. The predicted molar refractivity (Wildman–Crippen MR) is 69.8 cm³/mol. The summed E-state index contributed by atoms with van der Waals surface area (Å²) in [5.74, 6) is 0.722. The topological polar surface area (TPSA) is 66.6 Å². The summed E-state index contributed by atoms with van der Waals surface area (Å²) in [6, 6.07) is 0. The minimum atomic E-state index is 0.0863. The molecule has 0 aromatic rings. The molecule has 1 aliphatic rings. The number of carbonyl (C=O) groups excluding carboxylic acids is 2. The summed E-state index contributed by atoms with van der Waals surface area (Å²) in [4.78, 5) is 26.6. The Labute approximate surface area is 107 Å². The third kappa shape index (κ3) is 4.55. The Balaban J connectivity index is 2.28. The van der Waals surface area contributed by atoms with Crippen molar-refractivity contribution in [3.8, 4) is 0 Å². The van der Waals surface area contributed by atoms with Crippen molar-refractivity contribution in [2.75, 3.05) is 38.5 Å². The fourth-order valence-electron chi connectivity index (χ4n) is 1.64. The van der Waals surface area contributed by atoms with Gasteiger partial charge in [-0.3, -0.25) is 9.59 Å². The standard InChI is InChI=1S/C11H21N3O2S/c1-9(7-12)17-8-11(16)14-5-3-13(4-6-14)10(2)15/h9H,3-8,12H2,1-2H3. The van der Waals surface area contributed by atoms with E-state index in [4.69, 9.17) is 5.73 Å². The zero-order chi connectivity index (χ0) is 12.8. The second kappa shape index (κ2) is 6.86. The van der Waals surface area contributed by atoms with Gasteiger partial charge in [-0.05, 0) is 0 Å². The van der Waals surface area contributed by atoms with Crippen molar-refractivity contribution in [1.82, 2.24) is 9.80 Å². The van der Waals surface area contributed by atoms with E-state index in [1.165, 1.54) is 0 Å². The summed E-state index contributed by atoms with van der Waals surface area (Å²) < 4.78 is 0. The SMILES string of the molecule is CC(=O)N1CCN(C(=O)CSC(C)CN)CC1. The molecule has 0 spiro atoms. The number of hydrogen-bond donors (Lipinski definition) is 1. The number of nitrogens with zero attached hydrogens (tertiary/aromatic N) is 2. The number of hydrogen-bond acceptors (Lipinski definition) is 4. The molecule has 1 aliphatic heterocycles. The Morgan fingerprint density at radius 1 is 1.24 bits per heavy atom. The predicted octanol–water partition coefficient (Wildman–Crippen LogP) is -0.242. The molecule has 0 aromatic carbocycles. The minimum Gasteiger partial charge on any atom is -0.339 e. The van der Waals surface area contributed by atoms with Gasteiger partial charge in [-0.25, -0.2) is 0 Å². The van der Waals surface area contributed by atoms with Crippen LogP contribution in [-0.4, -0.2) is 65.3 Å². The van der Waals surface area contributed by atoms with Crippen LogP contribution in [0.15, 0.2) is 0 Å². The number of rotatable bonds is 4. The normalized spacial score (nSPS) is 18.1. The van der Waals surface area contributed by atoms with Gasteiger partial charge in [-0.1, -0.05) is 6.92 Å². The van der Waals surface area contributed by atoms with Crippen LogP contribution in [0.5, 0.6) is 0 Å². The fraction of sp³-hybridized carbons (Fsp3) is 0.818. The van der Waals surface area contributed by atoms with Gasteiger partial charge >= 0.3 is 0 Å². The van der Waals surface area contributed by atoms with Gasteiger partial charge in [0.1, 0.15) is 0 Å². The van der Waals surface area contributed by atoms with Crippen LogP contribution in [0.4, 0.5) is 0 Å². The molecule has 0 bridgehead atoms. The number of carbonyl (C=O) groups is 2. The van der Waals surface area contributed by atoms with Crippen molar-refractivity contribution in [3.63, 3.8) is 0 Å². The Bertz CT molecular complexity index is 278. The van der Waals surface area contributed by atoms with E-state index in [1.54, 1.807) is 23.6 Å². The highest BCUT2D eigenvalue weighted by atomic mass is 32.2. The first-order chi connectivity index (χ1) is 8.04. The van der Waals surface area contributed by atoms with E-state index in [2.05, 4.69) is 0 Å². The van der Waals surface area contributed by atoms with Gasteiger partial charge < -0.3 is 15.5 Å². The van der Waals surface area contributed by atoms with Gasteiger partial charge in [0.25, 0.3) is 0 Å². The number of piperazine rings is 1. The average Bonchev–Trinajstić information content (AvgIpc) is 2.35. The largest absolute Gasteiger partial charge is 0.339 e. The molecular weight excluding hydrogens is 238 g/mol. The van der Waals surface area contributed by atoms with Crippen LogP contribution in [-0.2, 0) is 9.59 Å². The van der Waals surface area contributed by atoms with Gasteiger partial charge in [0.15, 0.2) is 0 Å². The van der Waals surface area contributed by atoms with Crippen molar-refractivity contribution in [1.29, 1.82) is 0 Å². The van der Waals surface area contributed by atoms with E-state index in [1.807, 2.05) is 11.8 Å². The maximum absolute atomic E-state index is 11.9. The van der Waals surface area contributed by atoms with Gasteiger partial charge in [0.05, 0.1) is 5.75 Å². The molecule has 17 heavy (non-hydrogen) atoms. The van der Waals surface area contributed by atoms with Gasteiger partial charge in [0, 0.05) is 44.9 Å². The smallest absolute Gasteiger partial charge is 0.232 e. The molecule has 1 fully saturated rings. The monoisotopic (exact) mass is 259 g/mol. The lowest BCUT2D eigenvalue weighted by Crippen LogP contribution is -2.50.